The van der Waals surface area contributed by atoms with Gasteiger partial charge in [-0.3, -0.25) is 4.79 Å². The largest absolute Gasteiger partial charge is 0.325 e. The topological polar surface area (TPSA) is 50.2 Å². The zero-order valence-corrected chi connectivity index (χ0v) is 15.3. The van der Waals surface area contributed by atoms with E-state index in [1.807, 2.05) is 47.1 Å². The number of carbonyl (C=O) groups excluding carboxylic acids is 1. The van der Waals surface area contributed by atoms with Crippen molar-refractivity contribution in [1.29, 1.82) is 0 Å². The highest BCUT2D eigenvalue weighted by atomic mass is 35.5. The van der Waals surface area contributed by atoms with Crippen LogP contribution in [0.2, 0.25) is 10.0 Å². The van der Waals surface area contributed by atoms with Gasteiger partial charge in [0.05, 0.1) is 13.0 Å². The summed E-state index contributed by atoms with van der Waals surface area (Å²) in [7, 11) is 0. The van der Waals surface area contributed by atoms with Gasteiger partial charge in [0.2, 0.25) is 5.91 Å². The highest BCUT2D eigenvalue weighted by Crippen LogP contribution is 2.33. The summed E-state index contributed by atoms with van der Waals surface area (Å²) in [6.07, 6.45) is 0.251. The Morgan fingerprint density at radius 2 is 1.81 bits per heavy atom. The van der Waals surface area contributed by atoms with Gasteiger partial charge in [0, 0.05) is 28.3 Å². The number of fused-ring (bicyclic) bond motifs is 1. The average Bonchev–Trinajstić information content (AvgIpc) is 3.14. The zero-order chi connectivity index (χ0) is 18.1. The Morgan fingerprint density at radius 3 is 2.58 bits per heavy atom. The highest BCUT2D eigenvalue weighted by Gasteiger charge is 2.23. The van der Waals surface area contributed by atoms with Crippen LogP contribution < -0.4 is 10.2 Å². The van der Waals surface area contributed by atoms with Crippen molar-refractivity contribution in [3.8, 4) is 0 Å². The second kappa shape index (κ2) is 7.02. The van der Waals surface area contributed by atoms with Gasteiger partial charge in [-0.15, -0.1) is 0 Å². The molecule has 1 N–H and O–H groups in total. The van der Waals surface area contributed by atoms with E-state index in [0.29, 0.717) is 15.9 Å². The van der Waals surface area contributed by atoms with Crippen molar-refractivity contribution in [2.45, 2.75) is 13.0 Å². The van der Waals surface area contributed by atoms with E-state index in [4.69, 9.17) is 23.2 Å². The summed E-state index contributed by atoms with van der Waals surface area (Å²) >= 11 is 12.1. The molecular weight excluding hydrogens is 371 g/mol. The van der Waals surface area contributed by atoms with E-state index in [2.05, 4.69) is 15.3 Å². The standard InChI is InChI=1S/C19H16Cl2N4O/c20-14-4-1-3-13(9-14)10-18(26)22-17-12-19-24(7-8-25(19)23-17)16-6-2-5-15(21)11-16/h1-6,9,11-12H,7-8,10H2,(H,22,23,26). The Morgan fingerprint density at radius 1 is 1.04 bits per heavy atom. The molecule has 4 rings (SSSR count). The Balaban J connectivity index is 1.48. The predicted octanol–water partition coefficient (Wildman–Crippen LogP) is 4.52. The molecule has 1 aromatic heterocycles. The van der Waals surface area contributed by atoms with Crippen LogP contribution in [0.25, 0.3) is 0 Å². The lowest BCUT2D eigenvalue weighted by Crippen LogP contribution is -2.16. The summed E-state index contributed by atoms with van der Waals surface area (Å²) in [6, 6.07) is 16.8. The molecule has 1 amide bonds. The lowest BCUT2D eigenvalue weighted by atomic mass is 10.1. The molecule has 0 unspecified atom stereocenters. The van der Waals surface area contributed by atoms with Gasteiger partial charge < -0.3 is 10.2 Å². The van der Waals surface area contributed by atoms with Crippen molar-refractivity contribution in [2.24, 2.45) is 0 Å². The van der Waals surface area contributed by atoms with Crippen LogP contribution in [0.3, 0.4) is 0 Å². The number of nitrogens with one attached hydrogen (secondary N) is 1. The minimum absolute atomic E-state index is 0.127. The Kier molecular flexibility index (Phi) is 4.57. The lowest BCUT2D eigenvalue weighted by molar-refractivity contribution is -0.115. The second-order valence-corrected chi connectivity index (χ2v) is 6.97. The van der Waals surface area contributed by atoms with Crippen LogP contribution >= 0.6 is 23.2 Å². The molecule has 0 atom stereocenters. The molecule has 2 aromatic carbocycles. The fraction of sp³-hybridized carbons (Fsp3) is 0.158. The van der Waals surface area contributed by atoms with Gasteiger partial charge in [0.1, 0.15) is 5.82 Å². The van der Waals surface area contributed by atoms with Gasteiger partial charge in [-0.25, -0.2) is 4.68 Å². The number of nitrogens with zero attached hydrogens (tertiary/aromatic N) is 3. The quantitative estimate of drug-likeness (QED) is 0.716. The van der Waals surface area contributed by atoms with Crippen molar-refractivity contribution in [2.75, 3.05) is 16.8 Å². The van der Waals surface area contributed by atoms with E-state index < -0.39 is 0 Å². The number of hydrogen-bond donors (Lipinski definition) is 1. The first kappa shape index (κ1) is 16.9. The van der Waals surface area contributed by atoms with E-state index in [1.165, 1.54) is 0 Å². The first-order valence-electron chi connectivity index (χ1n) is 8.24. The van der Waals surface area contributed by atoms with E-state index in [1.54, 1.807) is 12.1 Å². The third-order valence-corrected chi connectivity index (χ3v) is 4.68. The van der Waals surface area contributed by atoms with Gasteiger partial charge in [-0.1, -0.05) is 41.4 Å². The molecule has 7 heteroatoms. The maximum Gasteiger partial charge on any atom is 0.229 e. The fourth-order valence-electron chi connectivity index (χ4n) is 3.08. The van der Waals surface area contributed by atoms with E-state index in [9.17, 15) is 4.79 Å². The normalized spacial score (nSPS) is 12.9. The van der Waals surface area contributed by atoms with Gasteiger partial charge in [-0.05, 0) is 35.9 Å². The number of halogens is 2. The van der Waals surface area contributed by atoms with Crippen LogP contribution in [-0.2, 0) is 17.8 Å². The molecule has 0 radical (unpaired) electrons. The van der Waals surface area contributed by atoms with Gasteiger partial charge >= 0.3 is 0 Å². The van der Waals surface area contributed by atoms with Crippen LogP contribution in [0.1, 0.15) is 5.56 Å². The van der Waals surface area contributed by atoms with Crippen LogP contribution in [0.15, 0.2) is 54.6 Å². The van der Waals surface area contributed by atoms with E-state index in [-0.39, 0.29) is 12.3 Å². The van der Waals surface area contributed by atoms with E-state index in [0.717, 1.165) is 30.2 Å². The maximum atomic E-state index is 12.3. The third-order valence-electron chi connectivity index (χ3n) is 4.21. The first-order chi connectivity index (χ1) is 12.6. The Labute approximate surface area is 161 Å². The number of anilines is 3. The van der Waals surface area contributed by atoms with E-state index >= 15 is 0 Å². The molecule has 132 valence electrons. The summed E-state index contributed by atoms with van der Waals surface area (Å²) in [4.78, 5) is 14.4. The van der Waals surface area contributed by atoms with Crippen LogP contribution in [0.4, 0.5) is 17.3 Å². The average molecular weight is 387 g/mol. The molecule has 0 fully saturated rings. The molecule has 0 saturated heterocycles. The molecule has 0 saturated carbocycles. The van der Waals surface area contributed by atoms with Crippen molar-refractivity contribution in [3.05, 3.63) is 70.2 Å². The molecule has 0 spiro atoms. The highest BCUT2D eigenvalue weighted by molar-refractivity contribution is 6.31. The minimum atomic E-state index is -0.127. The number of hydrogen-bond acceptors (Lipinski definition) is 3. The lowest BCUT2D eigenvalue weighted by Gasteiger charge is -2.17. The summed E-state index contributed by atoms with van der Waals surface area (Å²) in [5.74, 6) is 1.35. The Bertz CT molecular complexity index is 970. The zero-order valence-electron chi connectivity index (χ0n) is 13.8. The molecule has 26 heavy (non-hydrogen) atoms. The maximum absolute atomic E-state index is 12.3. The first-order valence-corrected chi connectivity index (χ1v) is 8.99. The second-order valence-electron chi connectivity index (χ2n) is 6.10. The molecule has 5 nitrogen and oxygen atoms in total. The third kappa shape index (κ3) is 3.54. The van der Waals surface area contributed by atoms with Gasteiger partial charge in [0.25, 0.3) is 0 Å². The number of aromatic nitrogens is 2. The summed E-state index contributed by atoms with van der Waals surface area (Å²) in [5.41, 5.74) is 1.87. The summed E-state index contributed by atoms with van der Waals surface area (Å²) in [5, 5.41) is 8.64. The molecular formula is C19H16Cl2N4O. The van der Waals surface area contributed by atoms with Crippen molar-refractivity contribution in [1.82, 2.24) is 9.78 Å². The molecule has 0 bridgehead atoms. The van der Waals surface area contributed by atoms with Crippen molar-refractivity contribution >= 4 is 46.4 Å². The van der Waals surface area contributed by atoms with Crippen LogP contribution in [0.5, 0.6) is 0 Å². The van der Waals surface area contributed by atoms with Gasteiger partial charge in [0.15, 0.2) is 5.82 Å². The molecule has 2 heterocycles. The van der Waals surface area contributed by atoms with Crippen LogP contribution in [0, 0.1) is 0 Å². The Hall–Kier alpha value is -2.50. The smallest absolute Gasteiger partial charge is 0.229 e. The monoisotopic (exact) mass is 386 g/mol. The van der Waals surface area contributed by atoms with Gasteiger partial charge in [-0.2, -0.15) is 5.10 Å². The molecule has 1 aliphatic rings. The number of amides is 1. The van der Waals surface area contributed by atoms with Crippen molar-refractivity contribution in [3.63, 3.8) is 0 Å². The van der Waals surface area contributed by atoms with Crippen LogP contribution in [-0.4, -0.2) is 22.2 Å². The SMILES string of the molecule is O=C(Cc1cccc(Cl)c1)Nc1cc2n(n1)CCN2c1cccc(Cl)c1. The molecule has 1 aliphatic heterocycles. The number of carbonyl (C=O) groups is 1. The summed E-state index contributed by atoms with van der Waals surface area (Å²) in [6.45, 7) is 1.57. The molecule has 0 aliphatic carbocycles. The fourth-order valence-corrected chi connectivity index (χ4v) is 3.48. The predicted molar refractivity (Wildman–Crippen MR) is 104 cm³/mol. The molecule has 3 aromatic rings. The number of rotatable bonds is 4. The number of benzene rings is 2. The van der Waals surface area contributed by atoms with Crippen molar-refractivity contribution < 1.29 is 4.79 Å². The minimum Gasteiger partial charge on any atom is -0.325 e. The summed E-state index contributed by atoms with van der Waals surface area (Å²) < 4.78 is 1.88.